The summed E-state index contributed by atoms with van der Waals surface area (Å²) in [6.07, 6.45) is 0. The van der Waals surface area contributed by atoms with Crippen LogP contribution >= 0.6 is 0 Å². The first-order valence-electron chi connectivity index (χ1n) is 4.91. The number of rotatable bonds is 3. The van der Waals surface area contributed by atoms with Crippen LogP contribution in [0, 0.1) is 11.6 Å². The van der Waals surface area contributed by atoms with Gasteiger partial charge in [0.2, 0.25) is 0 Å². The van der Waals surface area contributed by atoms with E-state index in [2.05, 4.69) is 10.2 Å². The van der Waals surface area contributed by atoms with Crippen molar-refractivity contribution in [3.8, 4) is 11.3 Å². The van der Waals surface area contributed by atoms with Gasteiger partial charge in [0.1, 0.15) is 17.3 Å². The van der Waals surface area contributed by atoms with Crippen LogP contribution in [0.25, 0.3) is 11.3 Å². The lowest BCUT2D eigenvalue weighted by Crippen LogP contribution is -2.01. The number of hydrogen-bond acceptors (Lipinski definition) is 3. The van der Waals surface area contributed by atoms with Crippen LogP contribution in [0.15, 0.2) is 18.2 Å². The van der Waals surface area contributed by atoms with Crippen molar-refractivity contribution in [2.24, 2.45) is 0 Å². The minimum absolute atomic E-state index is 0.260. The first-order valence-corrected chi connectivity index (χ1v) is 4.91. The summed E-state index contributed by atoms with van der Waals surface area (Å²) in [4.78, 5) is 21.2. The van der Waals surface area contributed by atoms with Gasteiger partial charge < -0.3 is 10.2 Å². The van der Waals surface area contributed by atoms with E-state index in [4.69, 9.17) is 10.2 Å². The van der Waals surface area contributed by atoms with Crippen LogP contribution in [-0.2, 0) is 0 Å². The highest BCUT2D eigenvalue weighted by atomic mass is 19.1. The Balaban J connectivity index is 2.55. The summed E-state index contributed by atoms with van der Waals surface area (Å²) in [7, 11) is 0. The maximum atomic E-state index is 13.7. The number of carboxylic acid groups (broad SMARTS) is 2. The topological polar surface area (TPSA) is 103 Å². The van der Waals surface area contributed by atoms with Crippen LogP contribution in [0.5, 0.6) is 0 Å². The highest BCUT2D eigenvalue weighted by Crippen LogP contribution is 2.26. The number of aromatic amines is 1. The fourth-order valence-corrected chi connectivity index (χ4v) is 1.50. The van der Waals surface area contributed by atoms with Crippen molar-refractivity contribution in [3.05, 3.63) is 41.1 Å². The molecule has 0 aliphatic heterocycles. The molecule has 0 unspecified atom stereocenters. The standard InChI is InChI=1S/C11H6F2N2O4/c12-5-1-4(10(16)17)2-6(13)9(5)7-3-8(11(18)19)15-14-7/h1-3H,(H,14,15)(H,16,17)(H,18,19). The summed E-state index contributed by atoms with van der Waals surface area (Å²) in [6.45, 7) is 0. The van der Waals surface area contributed by atoms with Gasteiger partial charge in [-0.15, -0.1) is 0 Å². The van der Waals surface area contributed by atoms with Gasteiger partial charge in [0, 0.05) is 0 Å². The minimum Gasteiger partial charge on any atom is -0.478 e. The van der Waals surface area contributed by atoms with Crippen molar-refractivity contribution >= 4 is 11.9 Å². The van der Waals surface area contributed by atoms with Gasteiger partial charge in [-0.25, -0.2) is 18.4 Å². The van der Waals surface area contributed by atoms with Gasteiger partial charge in [0.15, 0.2) is 0 Å². The molecule has 0 spiro atoms. The lowest BCUT2D eigenvalue weighted by atomic mass is 10.1. The third-order valence-corrected chi connectivity index (χ3v) is 2.35. The molecule has 98 valence electrons. The molecule has 3 N–H and O–H groups in total. The summed E-state index contributed by atoms with van der Waals surface area (Å²) in [6, 6.07) is 2.22. The van der Waals surface area contributed by atoms with Crippen LogP contribution in [0.3, 0.4) is 0 Å². The summed E-state index contributed by atoms with van der Waals surface area (Å²) < 4.78 is 27.3. The zero-order chi connectivity index (χ0) is 14.2. The number of nitrogens with one attached hydrogen (secondary N) is 1. The summed E-state index contributed by atoms with van der Waals surface area (Å²) in [5.41, 5.74) is -1.73. The number of aromatic carboxylic acids is 2. The van der Waals surface area contributed by atoms with Gasteiger partial charge in [-0.2, -0.15) is 5.10 Å². The molecular formula is C11H6F2N2O4. The average Bonchev–Trinajstić information content (AvgIpc) is 2.77. The van der Waals surface area contributed by atoms with Crippen LogP contribution < -0.4 is 0 Å². The normalized spacial score (nSPS) is 10.4. The molecule has 1 aromatic carbocycles. The monoisotopic (exact) mass is 268 g/mol. The quantitative estimate of drug-likeness (QED) is 0.786. The third kappa shape index (κ3) is 2.28. The van der Waals surface area contributed by atoms with Gasteiger partial charge in [-0.05, 0) is 18.2 Å². The second-order valence-electron chi connectivity index (χ2n) is 3.59. The average molecular weight is 268 g/mol. The fraction of sp³-hybridized carbons (Fsp3) is 0. The molecule has 0 atom stereocenters. The van der Waals surface area contributed by atoms with E-state index in [-0.39, 0.29) is 11.4 Å². The second kappa shape index (κ2) is 4.48. The molecule has 0 aliphatic rings. The van der Waals surface area contributed by atoms with Gasteiger partial charge in [-0.3, -0.25) is 5.10 Å². The number of aromatic nitrogens is 2. The molecule has 8 heteroatoms. The van der Waals surface area contributed by atoms with Crippen LogP contribution in [0.4, 0.5) is 8.78 Å². The molecule has 0 saturated heterocycles. The second-order valence-corrected chi connectivity index (χ2v) is 3.59. The van der Waals surface area contributed by atoms with Crippen molar-refractivity contribution in [2.75, 3.05) is 0 Å². The van der Waals surface area contributed by atoms with Gasteiger partial charge in [0.25, 0.3) is 0 Å². The summed E-state index contributed by atoms with van der Waals surface area (Å²) in [5.74, 6) is -5.08. The van der Waals surface area contributed by atoms with Crippen LogP contribution in [0.2, 0.25) is 0 Å². The van der Waals surface area contributed by atoms with Gasteiger partial charge in [0.05, 0.1) is 16.8 Å². The molecule has 2 aromatic rings. The lowest BCUT2D eigenvalue weighted by molar-refractivity contribution is 0.0682. The predicted molar refractivity (Wildman–Crippen MR) is 57.9 cm³/mol. The largest absolute Gasteiger partial charge is 0.478 e. The van der Waals surface area contributed by atoms with Crippen LogP contribution in [0.1, 0.15) is 20.8 Å². The fourth-order valence-electron chi connectivity index (χ4n) is 1.50. The Bertz CT molecular complexity index is 658. The smallest absolute Gasteiger partial charge is 0.353 e. The molecule has 19 heavy (non-hydrogen) atoms. The van der Waals surface area contributed by atoms with Gasteiger partial charge >= 0.3 is 11.9 Å². The molecule has 0 radical (unpaired) electrons. The van der Waals surface area contributed by atoms with E-state index in [1.807, 2.05) is 0 Å². The Kier molecular flexibility index (Phi) is 2.99. The number of benzene rings is 1. The third-order valence-electron chi connectivity index (χ3n) is 2.35. The van der Waals surface area contributed by atoms with E-state index in [0.717, 1.165) is 6.07 Å². The summed E-state index contributed by atoms with van der Waals surface area (Å²) >= 11 is 0. The van der Waals surface area contributed by atoms with Gasteiger partial charge in [-0.1, -0.05) is 0 Å². The van der Waals surface area contributed by atoms with E-state index >= 15 is 0 Å². The van der Waals surface area contributed by atoms with E-state index in [1.54, 1.807) is 0 Å². The van der Waals surface area contributed by atoms with Crippen molar-refractivity contribution in [1.29, 1.82) is 0 Å². The van der Waals surface area contributed by atoms with E-state index < -0.39 is 34.7 Å². The van der Waals surface area contributed by atoms with Crippen LogP contribution in [-0.4, -0.2) is 32.3 Å². The molecular weight excluding hydrogens is 262 g/mol. The molecule has 1 aromatic heterocycles. The zero-order valence-corrected chi connectivity index (χ0v) is 9.15. The maximum Gasteiger partial charge on any atom is 0.353 e. The van der Waals surface area contributed by atoms with E-state index in [0.29, 0.717) is 12.1 Å². The Morgan fingerprint density at radius 2 is 1.63 bits per heavy atom. The molecule has 1 heterocycles. The molecule has 0 fully saturated rings. The summed E-state index contributed by atoms with van der Waals surface area (Å²) in [5, 5.41) is 22.9. The number of carboxylic acids is 2. The molecule has 0 amide bonds. The Labute approximate surface area is 104 Å². The van der Waals surface area contributed by atoms with Crippen molar-refractivity contribution in [2.45, 2.75) is 0 Å². The van der Waals surface area contributed by atoms with E-state index in [1.165, 1.54) is 0 Å². The Morgan fingerprint density at radius 1 is 1.05 bits per heavy atom. The molecule has 2 rings (SSSR count). The Morgan fingerprint density at radius 3 is 2.05 bits per heavy atom. The molecule has 0 saturated carbocycles. The van der Waals surface area contributed by atoms with Crippen molar-refractivity contribution in [3.63, 3.8) is 0 Å². The number of carbonyl (C=O) groups is 2. The predicted octanol–water partition coefficient (Wildman–Crippen LogP) is 1.75. The number of H-pyrrole nitrogens is 1. The lowest BCUT2D eigenvalue weighted by Gasteiger charge is -2.03. The van der Waals surface area contributed by atoms with Crippen molar-refractivity contribution in [1.82, 2.24) is 10.2 Å². The highest BCUT2D eigenvalue weighted by Gasteiger charge is 2.19. The number of halogens is 2. The number of hydrogen-bond donors (Lipinski definition) is 3. The number of nitrogens with zero attached hydrogens (tertiary/aromatic N) is 1. The molecule has 0 bridgehead atoms. The zero-order valence-electron chi connectivity index (χ0n) is 9.15. The van der Waals surface area contributed by atoms with E-state index in [9.17, 15) is 18.4 Å². The minimum atomic E-state index is -1.47. The first-order chi connectivity index (χ1) is 8.90. The first kappa shape index (κ1) is 12.7. The SMILES string of the molecule is O=C(O)c1cc(F)c(-c2cc(C(=O)O)[nH]n2)c(F)c1. The highest BCUT2D eigenvalue weighted by molar-refractivity contribution is 5.89. The van der Waals surface area contributed by atoms with Crippen molar-refractivity contribution < 1.29 is 28.6 Å². The molecule has 6 nitrogen and oxygen atoms in total. The molecule has 0 aliphatic carbocycles. The maximum absolute atomic E-state index is 13.7. The Hall–Kier alpha value is -2.77.